The van der Waals surface area contributed by atoms with Crippen LogP contribution in [0.2, 0.25) is 0 Å². The van der Waals surface area contributed by atoms with E-state index in [1.54, 1.807) is 20.1 Å². The van der Waals surface area contributed by atoms with Crippen LogP contribution in [0, 0.1) is 0 Å². The molecular weight excluding hydrogens is 442 g/mol. The number of nitrogens with zero attached hydrogens (tertiary/aromatic N) is 1. The summed E-state index contributed by atoms with van der Waals surface area (Å²) in [7, 11) is 1.60. The van der Waals surface area contributed by atoms with Crippen molar-refractivity contribution in [3.05, 3.63) is 83.9 Å². The minimum atomic E-state index is -0.825. The second-order valence-corrected chi connectivity index (χ2v) is 8.62. The van der Waals surface area contributed by atoms with Crippen LogP contribution in [0.25, 0.3) is 11.1 Å². The molecule has 0 aliphatic carbocycles. The Kier molecular flexibility index (Phi) is 7.15. The molecule has 0 fully saturated rings. The third-order valence-corrected chi connectivity index (χ3v) is 6.22. The Morgan fingerprint density at radius 2 is 1.71 bits per heavy atom. The average molecular weight is 472 g/mol. The van der Waals surface area contributed by atoms with Crippen molar-refractivity contribution < 1.29 is 19.1 Å². The highest BCUT2D eigenvalue weighted by Crippen LogP contribution is 2.39. The van der Waals surface area contributed by atoms with Crippen LogP contribution in [0.3, 0.4) is 0 Å². The van der Waals surface area contributed by atoms with Gasteiger partial charge in [0.15, 0.2) is 0 Å². The summed E-state index contributed by atoms with van der Waals surface area (Å²) in [5.41, 5.74) is 7.02. The van der Waals surface area contributed by atoms with Crippen LogP contribution in [-0.4, -0.2) is 30.9 Å². The maximum Gasteiger partial charge on any atom is 0.261 e. The quantitative estimate of drug-likeness (QED) is 0.546. The van der Waals surface area contributed by atoms with Crippen LogP contribution < -0.4 is 20.5 Å². The molecule has 35 heavy (non-hydrogen) atoms. The number of para-hydroxylation sites is 1. The number of ether oxygens (including phenoxy) is 1. The fourth-order valence-corrected chi connectivity index (χ4v) is 4.25. The van der Waals surface area contributed by atoms with Crippen molar-refractivity contribution in [2.24, 2.45) is 0 Å². The average Bonchev–Trinajstić information content (AvgIpc) is 2.97. The summed E-state index contributed by atoms with van der Waals surface area (Å²) < 4.78 is 5.21. The maximum atomic E-state index is 13.4. The Bertz CT molecular complexity index is 1260. The van der Waals surface area contributed by atoms with Crippen molar-refractivity contribution in [1.29, 1.82) is 0 Å². The molecule has 2 N–H and O–H groups in total. The summed E-state index contributed by atoms with van der Waals surface area (Å²) in [5, 5.41) is 4.04. The molecule has 3 amide bonds. The lowest BCUT2D eigenvalue weighted by Crippen LogP contribution is -2.54. The predicted molar refractivity (Wildman–Crippen MR) is 135 cm³/mol. The minimum Gasteiger partial charge on any atom is -0.497 e. The first-order chi connectivity index (χ1) is 16.9. The maximum absolute atomic E-state index is 13.4. The summed E-state index contributed by atoms with van der Waals surface area (Å²) in [6.07, 6.45) is 0.744. The number of anilines is 1. The van der Waals surface area contributed by atoms with Gasteiger partial charge in [0.05, 0.1) is 18.7 Å². The number of amides is 3. The summed E-state index contributed by atoms with van der Waals surface area (Å²) in [6.45, 7) is 3.43. The molecule has 3 aromatic rings. The number of nitrogens with one attached hydrogen (secondary N) is 2. The molecule has 0 radical (unpaired) electrons. The van der Waals surface area contributed by atoms with E-state index in [0.29, 0.717) is 12.1 Å². The van der Waals surface area contributed by atoms with E-state index in [2.05, 4.69) is 10.7 Å². The SMILES string of the molecule is COc1cccc(CCC(=O)N[C@@H](C)C(=O)NN2C(=O)C(C)c3ccccc3-c3ccccc32)c1. The van der Waals surface area contributed by atoms with Gasteiger partial charge in [0.2, 0.25) is 5.91 Å². The number of hydrogen-bond acceptors (Lipinski definition) is 4. The smallest absolute Gasteiger partial charge is 0.261 e. The third kappa shape index (κ3) is 5.19. The topological polar surface area (TPSA) is 87.7 Å². The van der Waals surface area contributed by atoms with E-state index in [4.69, 9.17) is 4.74 Å². The zero-order chi connectivity index (χ0) is 24.9. The molecule has 1 aliphatic heterocycles. The minimum absolute atomic E-state index is 0.225. The zero-order valence-electron chi connectivity index (χ0n) is 20.1. The molecule has 0 bridgehead atoms. The van der Waals surface area contributed by atoms with Crippen LogP contribution in [0.4, 0.5) is 5.69 Å². The second-order valence-electron chi connectivity index (χ2n) is 8.62. The van der Waals surface area contributed by atoms with E-state index in [-0.39, 0.29) is 18.2 Å². The van der Waals surface area contributed by atoms with Gasteiger partial charge >= 0.3 is 0 Å². The fourth-order valence-electron chi connectivity index (χ4n) is 4.25. The number of methoxy groups -OCH3 is 1. The van der Waals surface area contributed by atoms with E-state index in [1.165, 1.54) is 5.01 Å². The van der Waals surface area contributed by atoms with Crippen molar-refractivity contribution >= 4 is 23.4 Å². The highest BCUT2D eigenvalue weighted by atomic mass is 16.5. The van der Waals surface area contributed by atoms with E-state index < -0.39 is 17.9 Å². The number of aryl methyl sites for hydroxylation is 1. The highest BCUT2D eigenvalue weighted by Gasteiger charge is 2.33. The van der Waals surface area contributed by atoms with Gasteiger partial charge in [-0.1, -0.05) is 54.6 Å². The third-order valence-electron chi connectivity index (χ3n) is 6.22. The molecular formula is C28H29N3O4. The van der Waals surface area contributed by atoms with E-state index in [9.17, 15) is 14.4 Å². The molecule has 7 nitrogen and oxygen atoms in total. The lowest BCUT2D eigenvalue weighted by atomic mass is 9.92. The molecule has 4 rings (SSSR count). The summed E-state index contributed by atoms with van der Waals surface area (Å²) in [5.74, 6) is -0.687. The zero-order valence-corrected chi connectivity index (χ0v) is 20.1. The molecule has 1 aliphatic rings. The predicted octanol–water partition coefficient (Wildman–Crippen LogP) is 3.98. The number of carbonyl (C=O) groups excluding carboxylic acids is 3. The van der Waals surface area contributed by atoms with Gasteiger partial charge < -0.3 is 10.1 Å². The summed E-state index contributed by atoms with van der Waals surface area (Å²) in [4.78, 5) is 38.9. The fraction of sp³-hybridized carbons (Fsp3) is 0.250. The van der Waals surface area contributed by atoms with Gasteiger partial charge in [0.25, 0.3) is 11.8 Å². The largest absolute Gasteiger partial charge is 0.497 e. The second kappa shape index (κ2) is 10.4. The number of benzene rings is 3. The number of fused-ring (bicyclic) bond motifs is 3. The molecule has 0 saturated heterocycles. The van der Waals surface area contributed by atoms with E-state index >= 15 is 0 Å². The van der Waals surface area contributed by atoms with Gasteiger partial charge in [-0.15, -0.1) is 0 Å². The van der Waals surface area contributed by atoms with Crippen molar-refractivity contribution in [2.45, 2.75) is 38.6 Å². The molecule has 1 unspecified atom stereocenters. The molecule has 7 heteroatoms. The van der Waals surface area contributed by atoms with Gasteiger partial charge in [-0.25, -0.2) is 5.01 Å². The number of carbonyl (C=O) groups is 3. The lowest BCUT2D eigenvalue weighted by molar-refractivity contribution is -0.130. The number of rotatable bonds is 7. The Labute approximate surface area is 205 Å². The first kappa shape index (κ1) is 24.0. The van der Waals surface area contributed by atoms with E-state index in [1.807, 2.05) is 73.7 Å². The molecule has 180 valence electrons. The summed E-state index contributed by atoms with van der Waals surface area (Å²) >= 11 is 0. The Hall–Kier alpha value is -4.13. The van der Waals surface area contributed by atoms with Crippen molar-refractivity contribution in [3.63, 3.8) is 0 Å². The molecule has 3 aromatic carbocycles. The normalized spacial score (nSPS) is 15.3. The standard InChI is InChI=1S/C28H29N3O4/c1-18-22-11-4-5-12-23(22)24-13-6-7-14-25(24)31(28(18)34)30-27(33)19(2)29-26(32)16-15-20-9-8-10-21(17-20)35-3/h4-14,17-19H,15-16H2,1-3H3,(H,29,32)(H,30,33)/t18?,19-/m0/s1. The van der Waals surface area contributed by atoms with Gasteiger partial charge in [-0.2, -0.15) is 0 Å². The van der Waals surface area contributed by atoms with Gasteiger partial charge in [-0.3, -0.25) is 19.8 Å². The summed E-state index contributed by atoms with van der Waals surface area (Å²) in [6, 6.07) is 21.9. The van der Waals surface area contributed by atoms with Crippen LogP contribution in [0.1, 0.15) is 37.3 Å². The monoisotopic (exact) mass is 471 g/mol. The Morgan fingerprint density at radius 1 is 1.00 bits per heavy atom. The first-order valence-electron chi connectivity index (χ1n) is 11.6. The highest BCUT2D eigenvalue weighted by molar-refractivity contribution is 6.06. The van der Waals surface area contributed by atoms with Crippen molar-refractivity contribution in [3.8, 4) is 16.9 Å². The Balaban J connectivity index is 1.45. The van der Waals surface area contributed by atoms with Crippen LogP contribution in [0.5, 0.6) is 5.75 Å². The van der Waals surface area contributed by atoms with Crippen molar-refractivity contribution in [1.82, 2.24) is 10.7 Å². The molecule has 0 saturated carbocycles. The van der Waals surface area contributed by atoms with Gasteiger partial charge in [0.1, 0.15) is 11.8 Å². The number of hydrazine groups is 1. The first-order valence-corrected chi connectivity index (χ1v) is 11.6. The molecule has 2 atom stereocenters. The number of hydrogen-bond donors (Lipinski definition) is 2. The van der Waals surface area contributed by atoms with Crippen LogP contribution in [-0.2, 0) is 20.8 Å². The molecule has 1 heterocycles. The van der Waals surface area contributed by atoms with Crippen LogP contribution >= 0.6 is 0 Å². The van der Waals surface area contributed by atoms with Crippen molar-refractivity contribution in [2.75, 3.05) is 12.1 Å². The van der Waals surface area contributed by atoms with Gasteiger partial charge in [-0.05, 0) is 55.2 Å². The Morgan fingerprint density at radius 3 is 2.49 bits per heavy atom. The lowest BCUT2D eigenvalue weighted by Gasteiger charge is -2.27. The van der Waals surface area contributed by atoms with Crippen LogP contribution in [0.15, 0.2) is 72.8 Å². The van der Waals surface area contributed by atoms with E-state index in [0.717, 1.165) is 28.0 Å². The molecule has 0 aromatic heterocycles. The van der Waals surface area contributed by atoms with Gasteiger partial charge in [0, 0.05) is 12.0 Å². The molecule has 0 spiro atoms.